The highest BCUT2D eigenvalue weighted by atomic mass is 16.4. The summed E-state index contributed by atoms with van der Waals surface area (Å²) in [4.78, 5) is 28.6. The lowest BCUT2D eigenvalue weighted by molar-refractivity contribution is -0.138. The topological polar surface area (TPSA) is 107 Å². The number of aliphatic carboxylic acids is 1. The molecule has 1 aromatic rings. The van der Waals surface area contributed by atoms with Gasteiger partial charge in [-0.25, -0.2) is 9.78 Å². The van der Waals surface area contributed by atoms with E-state index in [0.29, 0.717) is 5.82 Å². The molecule has 2 unspecified atom stereocenters. The summed E-state index contributed by atoms with van der Waals surface area (Å²) in [6.07, 6.45) is 3.22. The van der Waals surface area contributed by atoms with E-state index >= 15 is 0 Å². The molecule has 0 aromatic carbocycles. The van der Waals surface area contributed by atoms with Crippen LogP contribution in [0.3, 0.4) is 0 Å². The van der Waals surface area contributed by atoms with Gasteiger partial charge in [0.2, 0.25) is 0 Å². The summed E-state index contributed by atoms with van der Waals surface area (Å²) in [5.41, 5.74) is 0. The number of nitrogens with zero attached hydrogens (tertiary/aromatic N) is 1. The van der Waals surface area contributed by atoms with Crippen LogP contribution < -0.4 is 10.6 Å². The van der Waals surface area contributed by atoms with E-state index < -0.39 is 18.0 Å². The first-order chi connectivity index (χ1) is 7.50. The fourth-order valence-corrected chi connectivity index (χ4v) is 1.08. The van der Waals surface area contributed by atoms with Gasteiger partial charge in [-0.1, -0.05) is 0 Å². The molecule has 7 heteroatoms. The molecule has 2 amide bonds. The average molecular weight is 226 g/mol. The zero-order valence-electron chi connectivity index (χ0n) is 9.02. The van der Waals surface area contributed by atoms with Gasteiger partial charge in [-0.15, -0.1) is 0 Å². The normalized spacial score (nSPS) is 13.9. The molecular weight excluding hydrogens is 212 g/mol. The number of carboxylic acid groups (broad SMARTS) is 1. The number of carbonyl (C=O) groups excluding carboxylic acids is 1. The molecule has 0 spiro atoms. The number of amides is 2. The lowest BCUT2D eigenvalue weighted by Crippen LogP contribution is -2.45. The van der Waals surface area contributed by atoms with E-state index in [0.717, 1.165) is 0 Å². The second kappa shape index (κ2) is 5.15. The Morgan fingerprint density at radius 1 is 1.44 bits per heavy atom. The number of hydrogen-bond acceptors (Lipinski definition) is 3. The number of carboxylic acids is 1. The first kappa shape index (κ1) is 12.0. The molecule has 4 N–H and O–H groups in total. The van der Waals surface area contributed by atoms with Crippen molar-refractivity contribution < 1.29 is 14.7 Å². The predicted octanol–water partition coefficient (Wildman–Crippen LogP) is 0.243. The summed E-state index contributed by atoms with van der Waals surface area (Å²) >= 11 is 0. The average Bonchev–Trinajstić information content (AvgIpc) is 2.69. The largest absolute Gasteiger partial charge is 0.480 e. The van der Waals surface area contributed by atoms with Crippen LogP contribution in [0.25, 0.3) is 0 Å². The summed E-state index contributed by atoms with van der Waals surface area (Å²) in [5.74, 6) is -0.473. The Kier molecular flexibility index (Phi) is 3.87. The van der Waals surface area contributed by atoms with Crippen molar-refractivity contribution in [3.8, 4) is 0 Å². The second-order valence-electron chi connectivity index (χ2n) is 3.37. The summed E-state index contributed by atoms with van der Waals surface area (Å²) in [5, 5.41) is 13.4. The fourth-order valence-electron chi connectivity index (χ4n) is 1.08. The maximum Gasteiger partial charge on any atom is 0.325 e. The predicted molar refractivity (Wildman–Crippen MR) is 55.8 cm³/mol. The maximum atomic E-state index is 11.3. The highest BCUT2D eigenvalue weighted by molar-refractivity contribution is 5.82. The van der Waals surface area contributed by atoms with E-state index in [1.54, 1.807) is 19.3 Å². The standard InChI is InChI=1S/C9H14N4O3/c1-5(7-10-3-4-11-7)12-9(16)13-6(2)8(14)15/h3-6H,1-2H3,(H,10,11)(H,14,15)(H2,12,13,16). The van der Waals surface area contributed by atoms with Crippen molar-refractivity contribution in [1.29, 1.82) is 0 Å². The van der Waals surface area contributed by atoms with Crippen LogP contribution in [0.15, 0.2) is 12.4 Å². The minimum atomic E-state index is -1.08. The molecule has 1 rings (SSSR count). The Hall–Kier alpha value is -2.05. The van der Waals surface area contributed by atoms with Crippen LogP contribution in [0.5, 0.6) is 0 Å². The molecule has 1 heterocycles. The maximum absolute atomic E-state index is 11.3. The molecule has 0 radical (unpaired) electrons. The molecule has 0 aliphatic heterocycles. The van der Waals surface area contributed by atoms with Crippen molar-refractivity contribution in [3.05, 3.63) is 18.2 Å². The van der Waals surface area contributed by atoms with Crippen LogP contribution in [0.2, 0.25) is 0 Å². The van der Waals surface area contributed by atoms with Gasteiger partial charge in [0.25, 0.3) is 0 Å². The van der Waals surface area contributed by atoms with E-state index in [2.05, 4.69) is 20.6 Å². The fraction of sp³-hybridized carbons (Fsp3) is 0.444. The molecule has 0 saturated heterocycles. The van der Waals surface area contributed by atoms with Crippen LogP contribution in [0.4, 0.5) is 4.79 Å². The molecule has 2 atom stereocenters. The van der Waals surface area contributed by atoms with Crippen LogP contribution in [-0.4, -0.2) is 33.1 Å². The Labute approximate surface area is 92.3 Å². The molecule has 0 aliphatic carbocycles. The third kappa shape index (κ3) is 3.26. The van der Waals surface area contributed by atoms with Gasteiger partial charge < -0.3 is 20.7 Å². The van der Waals surface area contributed by atoms with E-state index in [1.165, 1.54) is 6.92 Å². The third-order valence-electron chi connectivity index (χ3n) is 2.00. The highest BCUT2D eigenvalue weighted by Gasteiger charge is 2.16. The van der Waals surface area contributed by atoms with Gasteiger partial charge in [0.1, 0.15) is 11.9 Å². The van der Waals surface area contributed by atoms with Gasteiger partial charge in [-0.05, 0) is 13.8 Å². The van der Waals surface area contributed by atoms with Crippen LogP contribution in [0, 0.1) is 0 Å². The van der Waals surface area contributed by atoms with Crippen LogP contribution >= 0.6 is 0 Å². The molecule has 0 fully saturated rings. The Bertz CT molecular complexity index is 363. The van der Waals surface area contributed by atoms with E-state index in [4.69, 9.17) is 5.11 Å². The monoisotopic (exact) mass is 226 g/mol. The number of carbonyl (C=O) groups is 2. The molecule has 16 heavy (non-hydrogen) atoms. The summed E-state index contributed by atoms with van der Waals surface area (Å²) in [6, 6.07) is -1.78. The van der Waals surface area contributed by atoms with E-state index in [9.17, 15) is 9.59 Å². The number of nitrogens with one attached hydrogen (secondary N) is 3. The smallest absolute Gasteiger partial charge is 0.325 e. The number of aromatic nitrogens is 2. The summed E-state index contributed by atoms with van der Waals surface area (Å²) in [7, 11) is 0. The lowest BCUT2D eigenvalue weighted by atomic mass is 10.3. The van der Waals surface area contributed by atoms with Crippen molar-refractivity contribution in [3.63, 3.8) is 0 Å². The zero-order valence-corrected chi connectivity index (χ0v) is 9.02. The molecular formula is C9H14N4O3. The molecule has 88 valence electrons. The van der Waals surface area contributed by atoms with Crippen molar-refractivity contribution in [2.75, 3.05) is 0 Å². The number of H-pyrrole nitrogens is 1. The Morgan fingerprint density at radius 2 is 2.12 bits per heavy atom. The van der Waals surface area contributed by atoms with Crippen LogP contribution in [-0.2, 0) is 4.79 Å². The minimum Gasteiger partial charge on any atom is -0.480 e. The molecule has 0 aliphatic rings. The number of hydrogen-bond donors (Lipinski definition) is 4. The minimum absolute atomic E-state index is 0.309. The highest BCUT2D eigenvalue weighted by Crippen LogP contribution is 2.04. The van der Waals surface area contributed by atoms with Gasteiger partial charge in [0.05, 0.1) is 6.04 Å². The number of imidazole rings is 1. The number of urea groups is 1. The van der Waals surface area contributed by atoms with E-state index in [1.807, 2.05) is 0 Å². The zero-order chi connectivity index (χ0) is 12.1. The van der Waals surface area contributed by atoms with Crippen LogP contribution in [0.1, 0.15) is 25.7 Å². The van der Waals surface area contributed by atoms with Crippen molar-refractivity contribution in [2.24, 2.45) is 0 Å². The number of aromatic amines is 1. The van der Waals surface area contributed by atoms with Crippen molar-refractivity contribution >= 4 is 12.0 Å². The summed E-state index contributed by atoms with van der Waals surface area (Å²) < 4.78 is 0. The van der Waals surface area contributed by atoms with Gasteiger partial charge >= 0.3 is 12.0 Å². The lowest BCUT2D eigenvalue weighted by Gasteiger charge is -2.14. The molecule has 7 nitrogen and oxygen atoms in total. The first-order valence-electron chi connectivity index (χ1n) is 4.80. The van der Waals surface area contributed by atoms with Gasteiger partial charge in [-0.3, -0.25) is 4.79 Å². The first-order valence-corrected chi connectivity index (χ1v) is 4.80. The summed E-state index contributed by atoms with van der Waals surface area (Å²) in [6.45, 7) is 3.13. The third-order valence-corrected chi connectivity index (χ3v) is 2.00. The van der Waals surface area contributed by atoms with Crippen molar-refractivity contribution in [2.45, 2.75) is 25.9 Å². The second-order valence-corrected chi connectivity index (χ2v) is 3.37. The van der Waals surface area contributed by atoms with Gasteiger partial charge in [-0.2, -0.15) is 0 Å². The molecule has 0 bridgehead atoms. The Morgan fingerprint density at radius 3 is 2.62 bits per heavy atom. The quantitative estimate of drug-likeness (QED) is 0.590. The number of rotatable bonds is 4. The van der Waals surface area contributed by atoms with Gasteiger partial charge in [0, 0.05) is 12.4 Å². The van der Waals surface area contributed by atoms with Gasteiger partial charge in [0.15, 0.2) is 0 Å². The van der Waals surface area contributed by atoms with E-state index in [-0.39, 0.29) is 6.04 Å². The SMILES string of the molecule is CC(NC(=O)NC(C)c1ncc[nH]1)C(=O)O. The molecule has 0 saturated carbocycles. The Balaban J connectivity index is 2.43. The molecule has 1 aromatic heterocycles. The van der Waals surface area contributed by atoms with Crippen molar-refractivity contribution in [1.82, 2.24) is 20.6 Å².